The molecule has 0 fully saturated rings. The van der Waals surface area contributed by atoms with Crippen molar-refractivity contribution in [2.45, 2.75) is 13.8 Å². The van der Waals surface area contributed by atoms with Crippen molar-refractivity contribution < 1.29 is 19.1 Å². The quantitative estimate of drug-likeness (QED) is 0.200. The summed E-state index contributed by atoms with van der Waals surface area (Å²) < 4.78 is 5.33. The molecule has 3 aromatic carbocycles. The first kappa shape index (κ1) is 22.7. The van der Waals surface area contributed by atoms with Crippen LogP contribution in [0.2, 0.25) is 5.02 Å². The molecule has 0 aliphatic rings. The number of rotatable bonds is 5. The number of anilines is 1. The molecule has 162 valence electrons. The fraction of sp³-hybridized carbons (Fsp3) is 0.0833. The Balaban J connectivity index is 1.51. The van der Waals surface area contributed by atoms with Crippen LogP contribution in [0, 0.1) is 13.8 Å². The molecule has 0 heterocycles. The number of carbonyl (C=O) groups excluding carboxylic acids is 3. The number of halogens is 1. The Morgan fingerprint density at radius 1 is 0.906 bits per heavy atom. The molecule has 3 aromatic rings. The van der Waals surface area contributed by atoms with Gasteiger partial charge in [0.2, 0.25) is 0 Å². The summed E-state index contributed by atoms with van der Waals surface area (Å²) in [7, 11) is 0. The molecule has 0 saturated heterocycles. The number of hydrogen-bond acceptors (Lipinski definition) is 5. The Morgan fingerprint density at radius 2 is 1.59 bits per heavy atom. The summed E-state index contributed by atoms with van der Waals surface area (Å²) in [5.41, 5.74) is 5.54. The number of aryl methyl sites for hydroxylation is 2. The van der Waals surface area contributed by atoms with Gasteiger partial charge in [-0.2, -0.15) is 5.10 Å². The van der Waals surface area contributed by atoms with E-state index < -0.39 is 17.8 Å². The van der Waals surface area contributed by atoms with E-state index >= 15 is 0 Å². The number of amides is 2. The first-order valence-electron chi connectivity index (χ1n) is 9.61. The van der Waals surface area contributed by atoms with E-state index in [1.54, 1.807) is 54.6 Å². The second-order valence-electron chi connectivity index (χ2n) is 6.94. The summed E-state index contributed by atoms with van der Waals surface area (Å²) in [4.78, 5) is 36.0. The van der Waals surface area contributed by atoms with Crippen LogP contribution in [0.15, 0.2) is 71.8 Å². The van der Waals surface area contributed by atoms with Gasteiger partial charge in [-0.05, 0) is 73.5 Å². The maximum Gasteiger partial charge on any atom is 0.343 e. The van der Waals surface area contributed by atoms with E-state index in [2.05, 4.69) is 15.8 Å². The van der Waals surface area contributed by atoms with Gasteiger partial charge in [-0.1, -0.05) is 35.4 Å². The molecule has 2 amide bonds. The van der Waals surface area contributed by atoms with Gasteiger partial charge in [0.15, 0.2) is 0 Å². The Hall–Kier alpha value is -3.97. The predicted octanol–water partition coefficient (Wildman–Crippen LogP) is 4.26. The number of carbonyl (C=O) groups is 3. The van der Waals surface area contributed by atoms with Crippen molar-refractivity contribution in [1.82, 2.24) is 5.43 Å². The maximum atomic E-state index is 12.1. The predicted molar refractivity (Wildman–Crippen MR) is 123 cm³/mol. The highest BCUT2D eigenvalue weighted by Gasteiger charge is 2.13. The van der Waals surface area contributed by atoms with E-state index in [-0.39, 0.29) is 0 Å². The molecular formula is C24H20ClN3O4. The van der Waals surface area contributed by atoms with Gasteiger partial charge in [0.1, 0.15) is 5.75 Å². The van der Waals surface area contributed by atoms with Gasteiger partial charge in [0, 0.05) is 10.7 Å². The summed E-state index contributed by atoms with van der Waals surface area (Å²) in [6, 6.07) is 18.5. The Morgan fingerprint density at radius 3 is 2.25 bits per heavy atom. The molecule has 8 heteroatoms. The molecule has 0 bridgehead atoms. The van der Waals surface area contributed by atoms with Gasteiger partial charge in [-0.25, -0.2) is 10.2 Å². The minimum absolute atomic E-state index is 0.368. The minimum Gasteiger partial charge on any atom is -0.423 e. The molecule has 7 nitrogen and oxygen atoms in total. The molecule has 0 atom stereocenters. The molecule has 0 spiro atoms. The second kappa shape index (κ2) is 10.4. The van der Waals surface area contributed by atoms with Crippen LogP contribution in [0.5, 0.6) is 5.75 Å². The lowest BCUT2D eigenvalue weighted by Gasteiger charge is -2.06. The number of hydrogen-bond donors (Lipinski definition) is 2. The zero-order valence-electron chi connectivity index (χ0n) is 17.4. The van der Waals surface area contributed by atoms with Gasteiger partial charge >= 0.3 is 17.8 Å². The summed E-state index contributed by atoms with van der Waals surface area (Å²) in [6.45, 7) is 3.76. The molecule has 0 aliphatic heterocycles. The van der Waals surface area contributed by atoms with Crippen LogP contribution in [0.1, 0.15) is 27.0 Å². The first-order valence-corrected chi connectivity index (χ1v) is 9.99. The molecular weight excluding hydrogens is 430 g/mol. The molecule has 32 heavy (non-hydrogen) atoms. The van der Waals surface area contributed by atoms with Crippen molar-refractivity contribution in [3.8, 4) is 5.75 Å². The normalized spacial score (nSPS) is 10.6. The topological polar surface area (TPSA) is 96.9 Å². The fourth-order valence-electron chi connectivity index (χ4n) is 2.55. The van der Waals surface area contributed by atoms with Gasteiger partial charge in [-0.15, -0.1) is 0 Å². The van der Waals surface area contributed by atoms with Crippen LogP contribution in [0.4, 0.5) is 5.69 Å². The van der Waals surface area contributed by atoms with E-state index in [1.165, 1.54) is 6.21 Å². The average molecular weight is 450 g/mol. The Labute approximate surface area is 190 Å². The smallest absolute Gasteiger partial charge is 0.343 e. The van der Waals surface area contributed by atoms with Gasteiger partial charge in [0.05, 0.1) is 11.8 Å². The number of ether oxygens (including phenoxy) is 1. The van der Waals surface area contributed by atoms with E-state index in [9.17, 15) is 14.4 Å². The third kappa shape index (κ3) is 6.26. The lowest BCUT2D eigenvalue weighted by Crippen LogP contribution is -2.32. The molecule has 0 aliphatic carbocycles. The van der Waals surface area contributed by atoms with E-state index in [1.807, 2.05) is 26.0 Å². The average Bonchev–Trinajstić information content (AvgIpc) is 2.77. The van der Waals surface area contributed by atoms with Crippen molar-refractivity contribution in [1.29, 1.82) is 0 Å². The molecule has 0 unspecified atom stereocenters. The Kier molecular flexibility index (Phi) is 7.36. The number of benzene rings is 3. The lowest BCUT2D eigenvalue weighted by atomic mass is 10.1. The minimum atomic E-state index is -0.929. The molecule has 0 saturated carbocycles. The van der Waals surface area contributed by atoms with E-state index in [0.717, 1.165) is 11.1 Å². The number of hydrazone groups is 1. The highest BCUT2D eigenvalue weighted by atomic mass is 35.5. The molecule has 0 radical (unpaired) electrons. The third-order valence-electron chi connectivity index (χ3n) is 4.39. The van der Waals surface area contributed by atoms with Crippen molar-refractivity contribution in [3.63, 3.8) is 0 Å². The summed E-state index contributed by atoms with van der Waals surface area (Å²) >= 11 is 6.00. The zero-order valence-corrected chi connectivity index (χ0v) is 18.1. The number of esters is 1. The van der Waals surface area contributed by atoms with Crippen molar-refractivity contribution in [2.24, 2.45) is 5.10 Å². The number of nitrogens with one attached hydrogen (secondary N) is 2. The zero-order chi connectivity index (χ0) is 23.1. The van der Waals surface area contributed by atoms with Crippen LogP contribution < -0.4 is 15.5 Å². The van der Waals surface area contributed by atoms with Gasteiger partial charge in [-0.3, -0.25) is 9.59 Å². The highest BCUT2D eigenvalue weighted by Crippen LogP contribution is 2.19. The number of nitrogens with zero attached hydrogens (tertiary/aromatic N) is 1. The van der Waals surface area contributed by atoms with Crippen molar-refractivity contribution >= 4 is 41.3 Å². The fourth-order valence-corrected chi connectivity index (χ4v) is 2.73. The van der Waals surface area contributed by atoms with Crippen LogP contribution in [0.3, 0.4) is 0 Å². The summed E-state index contributed by atoms with van der Waals surface area (Å²) in [5, 5.41) is 6.69. The largest absolute Gasteiger partial charge is 0.423 e. The molecule has 3 rings (SSSR count). The second-order valence-corrected chi connectivity index (χ2v) is 7.35. The van der Waals surface area contributed by atoms with Crippen molar-refractivity contribution in [2.75, 3.05) is 5.32 Å². The van der Waals surface area contributed by atoms with Crippen LogP contribution in [0.25, 0.3) is 0 Å². The van der Waals surface area contributed by atoms with Gasteiger partial charge < -0.3 is 10.1 Å². The van der Waals surface area contributed by atoms with Crippen molar-refractivity contribution in [3.05, 3.63) is 94.0 Å². The highest BCUT2D eigenvalue weighted by molar-refractivity contribution is 6.39. The standard InChI is InChI=1S/C24H20ClN3O4/c1-15-3-8-18(9-4-15)24(31)32-20-11-6-17(7-12-20)14-26-28-23(30)22(29)27-19-10-5-16(2)21(25)13-19/h3-14H,1-2H3,(H,27,29)(H,28,30)/b26-14-. The summed E-state index contributed by atoms with van der Waals surface area (Å²) in [6.07, 6.45) is 1.36. The monoisotopic (exact) mass is 449 g/mol. The van der Waals surface area contributed by atoms with Crippen LogP contribution in [-0.2, 0) is 9.59 Å². The summed E-state index contributed by atoms with van der Waals surface area (Å²) in [5.74, 6) is -1.89. The first-order chi connectivity index (χ1) is 15.3. The maximum absolute atomic E-state index is 12.1. The van der Waals surface area contributed by atoms with E-state index in [0.29, 0.717) is 27.6 Å². The SMILES string of the molecule is Cc1ccc(C(=O)Oc2ccc(/C=N\NC(=O)C(=O)Nc3ccc(C)c(Cl)c3)cc2)cc1. The Bertz CT molecular complexity index is 1170. The molecule has 2 N–H and O–H groups in total. The molecule has 0 aromatic heterocycles. The van der Waals surface area contributed by atoms with E-state index in [4.69, 9.17) is 16.3 Å². The van der Waals surface area contributed by atoms with Gasteiger partial charge in [0.25, 0.3) is 0 Å². The van der Waals surface area contributed by atoms with Crippen LogP contribution >= 0.6 is 11.6 Å². The third-order valence-corrected chi connectivity index (χ3v) is 4.80. The lowest BCUT2D eigenvalue weighted by molar-refractivity contribution is -0.136. The van der Waals surface area contributed by atoms with Crippen LogP contribution in [-0.4, -0.2) is 24.0 Å².